The zero-order chi connectivity index (χ0) is 16.8. The number of fused-ring (bicyclic) bond motifs is 2. The van der Waals surface area contributed by atoms with Crippen molar-refractivity contribution < 1.29 is 9.15 Å². The lowest BCUT2D eigenvalue weighted by Crippen LogP contribution is -2.53. The van der Waals surface area contributed by atoms with Crippen LogP contribution in [0.4, 0.5) is 0 Å². The van der Waals surface area contributed by atoms with Gasteiger partial charge in [-0.2, -0.15) is 0 Å². The van der Waals surface area contributed by atoms with E-state index in [9.17, 15) is 0 Å². The maximum absolute atomic E-state index is 6.04. The maximum Gasteiger partial charge on any atom is 0.208 e. The fourth-order valence-electron chi connectivity index (χ4n) is 3.91. The predicted octanol–water partition coefficient (Wildman–Crippen LogP) is 2.76. The van der Waals surface area contributed by atoms with E-state index in [2.05, 4.69) is 40.6 Å². The number of H-pyrrole nitrogens is 1. The zero-order valence-electron chi connectivity index (χ0n) is 14.8. The molecule has 1 fully saturated rings. The molecule has 6 heteroatoms. The van der Waals surface area contributed by atoms with Crippen LogP contribution in [0.2, 0.25) is 0 Å². The molecule has 24 heavy (non-hydrogen) atoms. The first-order valence-corrected chi connectivity index (χ1v) is 8.80. The van der Waals surface area contributed by atoms with Crippen LogP contribution in [0.3, 0.4) is 0 Å². The average molecular weight is 330 g/mol. The van der Waals surface area contributed by atoms with Gasteiger partial charge in [-0.05, 0) is 12.8 Å². The van der Waals surface area contributed by atoms with E-state index >= 15 is 0 Å². The highest BCUT2D eigenvalue weighted by Crippen LogP contribution is 2.42. The van der Waals surface area contributed by atoms with Crippen LogP contribution in [0, 0.1) is 0 Å². The number of aromatic amines is 1. The zero-order valence-corrected chi connectivity index (χ0v) is 14.8. The van der Waals surface area contributed by atoms with Gasteiger partial charge in [0.25, 0.3) is 0 Å². The number of hydrogen-bond donors (Lipinski definition) is 1. The minimum atomic E-state index is -0.0534. The lowest BCUT2D eigenvalue weighted by molar-refractivity contribution is -0.0482. The third-order valence-electron chi connectivity index (χ3n) is 5.33. The summed E-state index contributed by atoms with van der Waals surface area (Å²) < 4.78 is 11.7. The van der Waals surface area contributed by atoms with Gasteiger partial charge in [-0.25, -0.2) is 9.97 Å². The largest absolute Gasteiger partial charge is 0.444 e. The van der Waals surface area contributed by atoms with E-state index in [1.54, 1.807) is 0 Å². The molecule has 0 saturated carbocycles. The normalized spacial score (nSPS) is 21.1. The maximum atomic E-state index is 6.04. The smallest absolute Gasteiger partial charge is 0.208 e. The lowest BCUT2D eigenvalue weighted by atomic mass is 9.80. The molecule has 6 nitrogen and oxygen atoms in total. The molecule has 1 saturated heterocycles. The number of aromatic nitrogens is 3. The molecular weight excluding hydrogens is 304 g/mol. The van der Waals surface area contributed by atoms with E-state index in [0.717, 1.165) is 57.2 Å². The van der Waals surface area contributed by atoms with E-state index in [4.69, 9.17) is 9.15 Å². The highest BCUT2D eigenvalue weighted by Gasteiger charge is 2.46. The summed E-state index contributed by atoms with van der Waals surface area (Å²) in [6, 6.07) is 0. The minimum Gasteiger partial charge on any atom is -0.444 e. The molecule has 2 aromatic heterocycles. The number of hydrogen-bond acceptors (Lipinski definition) is 5. The second-order valence-electron chi connectivity index (χ2n) is 7.91. The van der Waals surface area contributed by atoms with Gasteiger partial charge >= 0.3 is 0 Å². The van der Waals surface area contributed by atoms with Gasteiger partial charge in [-0.15, -0.1) is 0 Å². The Balaban J connectivity index is 1.63. The number of nitrogens with one attached hydrogen (secondary N) is 1. The van der Waals surface area contributed by atoms with Crippen molar-refractivity contribution in [2.24, 2.45) is 0 Å². The first-order chi connectivity index (χ1) is 11.5. The fourth-order valence-corrected chi connectivity index (χ4v) is 3.91. The summed E-state index contributed by atoms with van der Waals surface area (Å²) in [4.78, 5) is 15.0. The Labute approximate surface area is 142 Å². The molecule has 4 heterocycles. The van der Waals surface area contributed by atoms with Crippen LogP contribution in [0.1, 0.15) is 56.7 Å². The molecule has 2 aliphatic rings. The van der Waals surface area contributed by atoms with Crippen molar-refractivity contribution in [2.45, 2.75) is 57.5 Å². The summed E-state index contributed by atoms with van der Waals surface area (Å²) in [7, 11) is 0. The molecular formula is C18H26N4O2. The van der Waals surface area contributed by atoms with Gasteiger partial charge in [-0.1, -0.05) is 20.8 Å². The van der Waals surface area contributed by atoms with Crippen molar-refractivity contribution in [3.63, 3.8) is 0 Å². The minimum absolute atomic E-state index is 0.0150. The number of rotatable bonds is 2. The molecule has 0 unspecified atom stereocenters. The molecule has 0 aromatic carbocycles. The Morgan fingerprint density at radius 1 is 1.25 bits per heavy atom. The first kappa shape index (κ1) is 15.8. The average Bonchev–Trinajstić information content (AvgIpc) is 3.20. The highest BCUT2D eigenvalue weighted by atomic mass is 16.5. The Bertz CT molecular complexity index is 707. The third-order valence-corrected chi connectivity index (χ3v) is 5.33. The predicted molar refractivity (Wildman–Crippen MR) is 89.6 cm³/mol. The number of ether oxygens (including phenoxy) is 1. The summed E-state index contributed by atoms with van der Waals surface area (Å²) in [5.41, 5.74) is 2.40. The molecule has 0 amide bonds. The molecule has 0 aliphatic carbocycles. The Morgan fingerprint density at radius 3 is 2.75 bits per heavy atom. The molecule has 0 bridgehead atoms. The van der Waals surface area contributed by atoms with Crippen molar-refractivity contribution in [1.29, 1.82) is 0 Å². The van der Waals surface area contributed by atoms with Crippen molar-refractivity contribution in [1.82, 2.24) is 19.9 Å². The summed E-state index contributed by atoms with van der Waals surface area (Å²) in [6.45, 7) is 9.71. The lowest BCUT2D eigenvalue weighted by Gasteiger charge is -2.47. The van der Waals surface area contributed by atoms with Gasteiger partial charge in [0.2, 0.25) is 5.89 Å². The van der Waals surface area contributed by atoms with Gasteiger partial charge < -0.3 is 14.1 Å². The Kier molecular flexibility index (Phi) is 3.77. The van der Waals surface area contributed by atoms with Crippen LogP contribution in [0.25, 0.3) is 0 Å². The van der Waals surface area contributed by atoms with Crippen LogP contribution in [-0.4, -0.2) is 39.6 Å². The molecule has 1 N–H and O–H groups in total. The number of oxazole rings is 1. The van der Waals surface area contributed by atoms with Gasteiger partial charge in [0.05, 0.1) is 30.3 Å². The summed E-state index contributed by atoms with van der Waals surface area (Å²) in [6.07, 6.45) is 6.63. The first-order valence-electron chi connectivity index (χ1n) is 8.80. The monoisotopic (exact) mass is 330 g/mol. The highest BCUT2D eigenvalue weighted by molar-refractivity contribution is 5.26. The van der Waals surface area contributed by atoms with Gasteiger partial charge in [0.15, 0.2) is 0 Å². The van der Waals surface area contributed by atoms with E-state index in [0.29, 0.717) is 0 Å². The van der Waals surface area contributed by atoms with Crippen LogP contribution in [-0.2, 0) is 28.7 Å². The summed E-state index contributed by atoms with van der Waals surface area (Å²) in [5.74, 6) is 1.74. The molecule has 1 spiro atoms. The van der Waals surface area contributed by atoms with Crippen molar-refractivity contribution in [2.75, 3.05) is 19.8 Å². The quantitative estimate of drug-likeness (QED) is 0.917. The van der Waals surface area contributed by atoms with Crippen LogP contribution >= 0.6 is 0 Å². The standard InChI is InChI=1S/C18H26N4O2/c1-17(2,3)14-10-19-15(24-14)11-22-7-4-13-16(21-12-20-13)18(22)5-8-23-9-6-18/h10,12H,4-9,11H2,1-3H3,(H,20,21). The molecule has 2 aromatic rings. The van der Waals surface area contributed by atoms with Crippen molar-refractivity contribution >= 4 is 0 Å². The molecule has 0 atom stereocenters. The summed E-state index contributed by atoms with van der Waals surface area (Å²) in [5, 5.41) is 0. The SMILES string of the molecule is CC(C)(C)c1cnc(CN2CCc3[nH]cnc3C23CCOCC3)o1. The Morgan fingerprint density at radius 2 is 2.04 bits per heavy atom. The van der Waals surface area contributed by atoms with Crippen LogP contribution in [0.15, 0.2) is 16.9 Å². The van der Waals surface area contributed by atoms with Gasteiger partial charge in [0.1, 0.15) is 5.76 Å². The third kappa shape index (κ3) is 2.58. The second kappa shape index (κ2) is 5.70. The number of imidazole rings is 1. The number of nitrogens with zero attached hydrogens (tertiary/aromatic N) is 3. The van der Waals surface area contributed by atoms with Crippen LogP contribution in [0.5, 0.6) is 0 Å². The van der Waals surface area contributed by atoms with Gasteiger partial charge in [-0.3, -0.25) is 4.90 Å². The second-order valence-corrected chi connectivity index (χ2v) is 7.91. The van der Waals surface area contributed by atoms with E-state index in [-0.39, 0.29) is 11.0 Å². The molecule has 2 aliphatic heterocycles. The van der Waals surface area contributed by atoms with E-state index in [1.165, 1.54) is 11.4 Å². The Hall–Kier alpha value is -1.66. The van der Waals surface area contributed by atoms with Crippen molar-refractivity contribution in [3.8, 4) is 0 Å². The van der Waals surface area contributed by atoms with Crippen molar-refractivity contribution in [3.05, 3.63) is 35.6 Å². The van der Waals surface area contributed by atoms with Crippen LogP contribution < -0.4 is 0 Å². The molecule has 0 radical (unpaired) electrons. The molecule has 130 valence electrons. The van der Waals surface area contributed by atoms with E-state index < -0.39 is 0 Å². The molecule has 4 rings (SSSR count). The summed E-state index contributed by atoms with van der Waals surface area (Å²) >= 11 is 0. The topological polar surface area (TPSA) is 67.2 Å². The fraction of sp³-hybridized carbons (Fsp3) is 0.667. The van der Waals surface area contributed by atoms with Gasteiger partial charge in [0, 0.05) is 37.3 Å². The van der Waals surface area contributed by atoms with E-state index in [1.807, 2.05) is 12.5 Å².